The van der Waals surface area contributed by atoms with Gasteiger partial charge in [0.15, 0.2) is 0 Å². The molecule has 0 fully saturated rings. The first-order valence-corrected chi connectivity index (χ1v) is 5.87. The number of nitrogens with one attached hydrogen (secondary N) is 1. The molecular formula is C9H11Br2N3O. The van der Waals surface area contributed by atoms with E-state index in [9.17, 15) is 0 Å². The van der Waals surface area contributed by atoms with E-state index in [1.807, 2.05) is 18.2 Å². The minimum absolute atomic E-state index is 0.218. The monoisotopic (exact) mass is 335 g/mol. The summed E-state index contributed by atoms with van der Waals surface area (Å²) in [7, 11) is 0. The minimum Gasteiger partial charge on any atom is -0.409 e. The maximum atomic E-state index is 8.34. The first-order valence-electron chi connectivity index (χ1n) is 4.29. The molecule has 0 atom stereocenters. The lowest BCUT2D eigenvalue weighted by molar-refractivity contribution is 0.317. The third-order valence-electron chi connectivity index (χ3n) is 1.76. The first-order chi connectivity index (χ1) is 7.13. The molecule has 0 bridgehead atoms. The summed E-state index contributed by atoms with van der Waals surface area (Å²) in [6.07, 6.45) is 0.499. The molecule has 0 unspecified atom stereocenters. The summed E-state index contributed by atoms with van der Waals surface area (Å²) < 4.78 is 1.98. The van der Waals surface area contributed by atoms with Crippen molar-refractivity contribution in [3.8, 4) is 0 Å². The van der Waals surface area contributed by atoms with Crippen molar-refractivity contribution >= 4 is 43.4 Å². The van der Waals surface area contributed by atoms with Crippen LogP contribution in [0.4, 0.5) is 5.69 Å². The number of amidine groups is 1. The van der Waals surface area contributed by atoms with E-state index in [2.05, 4.69) is 42.3 Å². The summed E-state index contributed by atoms with van der Waals surface area (Å²) in [5.74, 6) is 0.218. The van der Waals surface area contributed by atoms with Crippen LogP contribution in [0.3, 0.4) is 0 Å². The van der Waals surface area contributed by atoms with Gasteiger partial charge >= 0.3 is 0 Å². The maximum absolute atomic E-state index is 8.34. The summed E-state index contributed by atoms with van der Waals surface area (Å²) in [6, 6.07) is 5.84. The van der Waals surface area contributed by atoms with Crippen molar-refractivity contribution in [2.45, 2.75) is 6.42 Å². The fourth-order valence-electron chi connectivity index (χ4n) is 1.01. The van der Waals surface area contributed by atoms with Crippen LogP contribution in [0, 0.1) is 0 Å². The summed E-state index contributed by atoms with van der Waals surface area (Å²) in [4.78, 5) is 0. The predicted molar refractivity (Wildman–Crippen MR) is 68.4 cm³/mol. The third-order valence-corrected chi connectivity index (χ3v) is 2.91. The third kappa shape index (κ3) is 4.09. The van der Waals surface area contributed by atoms with E-state index in [1.54, 1.807) is 0 Å². The number of rotatable bonds is 4. The van der Waals surface area contributed by atoms with Crippen LogP contribution in [0.25, 0.3) is 0 Å². The van der Waals surface area contributed by atoms with Gasteiger partial charge in [-0.3, -0.25) is 0 Å². The van der Waals surface area contributed by atoms with Crippen LogP contribution in [0.1, 0.15) is 6.42 Å². The average Bonchev–Trinajstić information content (AvgIpc) is 2.21. The fraction of sp³-hybridized carbons (Fsp3) is 0.222. The van der Waals surface area contributed by atoms with E-state index in [0.29, 0.717) is 13.0 Å². The van der Waals surface area contributed by atoms with E-state index in [-0.39, 0.29) is 5.84 Å². The van der Waals surface area contributed by atoms with Gasteiger partial charge in [0.05, 0.1) is 0 Å². The average molecular weight is 337 g/mol. The van der Waals surface area contributed by atoms with Crippen molar-refractivity contribution in [2.75, 3.05) is 11.9 Å². The molecule has 0 radical (unpaired) electrons. The van der Waals surface area contributed by atoms with Gasteiger partial charge in [0.25, 0.3) is 0 Å². The van der Waals surface area contributed by atoms with Gasteiger partial charge < -0.3 is 16.3 Å². The van der Waals surface area contributed by atoms with E-state index >= 15 is 0 Å². The SMILES string of the molecule is NC(CCNc1ccc(Br)cc1Br)=NO. The number of hydrogen-bond acceptors (Lipinski definition) is 3. The molecule has 1 aromatic carbocycles. The molecular weight excluding hydrogens is 326 g/mol. The molecule has 0 aliphatic carbocycles. The van der Waals surface area contributed by atoms with Gasteiger partial charge in [-0.2, -0.15) is 0 Å². The Morgan fingerprint density at radius 1 is 1.47 bits per heavy atom. The van der Waals surface area contributed by atoms with Crippen molar-refractivity contribution in [1.82, 2.24) is 0 Å². The number of oxime groups is 1. The van der Waals surface area contributed by atoms with E-state index in [4.69, 9.17) is 10.9 Å². The zero-order chi connectivity index (χ0) is 11.3. The number of nitrogens with two attached hydrogens (primary N) is 1. The second-order valence-corrected chi connectivity index (χ2v) is 4.66. The Morgan fingerprint density at radius 2 is 2.20 bits per heavy atom. The van der Waals surface area contributed by atoms with Crippen LogP contribution in [-0.2, 0) is 0 Å². The van der Waals surface area contributed by atoms with Gasteiger partial charge in [-0.1, -0.05) is 21.1 Å². The van der Waals surface area contributed by atoms with Crippen molar-refractivity contribution in [3.05, 3.63) is 27.1 Å². The number of hydrogen-bond donors (Lipinski definition) is 3. The molecule has 1 aromatic rings. The number of anilines is 1. The summed E-state index contributed by atoms with van der Waals surface area (Å²) in [5, 5.41) is 14.4. The molecule has 0 aromatic heterocycles. The largest absolute Gasteiger partial charge is 0.409 e. The Morgan fingerprint density at radius 3 is 2.80 bits per heavy atom. The van der Waals surface area contributed by atoms with Crippen molar-refractivity contribution < 1.29 is 5.21 Å². The van der Waals surface area contributed by atoms with E-state index in [0.717, 1.165) is 14.6 Å². The number of benzene rings is 1. The van der Waals surface area contributed by atoms with Gasteiger partial charge in [0, 0.05) is 27.6 Å². The predicted octanol–water partition coefficient (Wildman–Crippen LogP) is 2.76. The van der Waals surface area contributed by atoms with E-state index in [1.165, 1.54) is 0 Å². The fourth-order valence-corrected chi connectivity index (χ4v) is 2.20. The molecule has 0 aliphatic rings. The smallest absolute Gasteiger partial charge is 0.140 e. The molecule has 0 amide bonds. The minimum atomic E-state index is 0.218. The summed E-state index contributed by atoms with van der Waals surface area (Å²) in [5.41, 5.74) is 6.32. The maximum Gasteiger partial charge on any atom is 0.140 e. The Kier molecular flexibility index (Phi) is 4.90. The Hall–Kier alpha value is -0.750. The standard InChI is InChI=1S/C9H11Br2N3O/c10-6-1-2-8(7(11)5-6)13-4-3-9(12)14-15/h1-2,5,13,15H,3-4H2,(H2,12,14). The van der Waals surface area contributed by atoms with Gasteiger partial charge in [0.2, 0.25) is 0 Å². The summed E-state index contributed by atoms with van der Waals surface area (Å²) >= 11 is 6.80. The molecule has 82 valence electrons. The van der Waals surface area contributed by atoms with Crippen LogP contribution in [-0.4, -0.2) is 17.6 Å². The molecule has 4 N–H and O–H groups in total. The highest BCUT2D eigenvalue weighted by Gasteiger charge is 2.00. The van der Waals surface area contributed by atoms with Gasteiger partial charge in [-0.05, 0) is 34.1 Å². The first kappa shape index (κ1) is 12.3. The second-order valence-electron chi connectivity index (χ2n) is 2.89. The Labute approximate surface area is 105 Å². The van der Waals surface area contributed by atoms with Crippen LogP contribution in [0.5, 0.6) is 0 Å². The van der Waals surface area contributed by atoms with Crippen molar-refractivity contribution in [3.63, 3.8) is 0 Å². The van der Waals surface area contributed by atoms with Crippen LogP contribution < -0.4 is 11.1 Å². The van der Waals surface area contributed by atoms with Crippen molar-refractivity contribution in [1.29, 1.82) is 0 Å². The molecule has 0 heterocycles. The molecule has 0 aliphatic heterocycles. The lowest BCUT2D eigenvalue weighted by Gasteiger charge is -2.08. The highest BCUT2D eigenvalue weighted by Crippen LogP contribution is 2.25. The topological polar surface area (TPSA) is 70.6 Å². The van der Waals surface area contributed by atoms with Crippen molar-refractivity contribution in [2.24, 2.45) is 10.9 Å². The molecule has 0 saturated carbocycles. The van der Waals surface area contributed by atoms with Crippen LogP contribution >= 0.6 is 31.9 Å². The zero-order valence-corrected chi connectivity index (χ0v) is 11.0. The number of halogens is 2. The van der Waals surface area contributed by atoms with Crippen LogP contribution in [0.2, 0.25) is 0 Å². The second kappa shape index (κ2) is 5.97. The normalized spacial score (nSPS) is 11.5. The molecule has 4 nitrogen and oxygen atoms in total. The molecule has 1 rings (SSSR count). The van der Waals surface area contributed by atoms with E-state index < -0.39 is 0 Å². The molecule has 0 spiro atoms. The quantitative estimate of drug-likeness (QED) is 0.342. The van der Waals surface area contributed by atoms with Gasteiger partial charge in [0.1, 0.15) is 5.84 Å². The Balaban J connectivity index is 2.51. The lowest BCUT2D eigenvalue weighted by atomic mass is 10.3. The lowest BCUT2D eigenvalue weighted by Crippen LogP contribution is -2.16. The highest BCUT2D eigenvalue weighted by molar-refractivity contribution is 9.11. The Bertz CT molecular complexity index is 368. The zero-order valence-electron chi connectivity index (χ0n) is 7.87. The van der Waals surface area contributed by atoms with Crippen LogP contribution in [0.15, 0.2) is 32.3 Å². The molecule has 6 heteroatoms. The van der Waals surface area contributed by atoms with Gasteiger partial charge in [-0.25, -0.2) is 0 Å². The highest BCUT2D eigenvalue weighted by atomic mass is 79.9. The molecule has 0 saturated heterocycles. The summed E-state index contributed by atoms with van der Waals surface area (Å²) in [6.45, 7) is 0.621. The number of nitrogens with zero attached hydrogens (tertiary/aromatic N) is 1. The molecule has 15 heavy (non-hydrogen) atoms. The van der Waals surface area contributed by atoms with Gasteiger partial charge in [-0.15, -0.1) is 0 Å².